The summed E-state index contributed by atoms with van der Waals surface area (Å²) in [6.07, 6.45) is 0. The van der Waals surface area contributed by atoms with Gasteiger partial charge >= 0.3 is 0 Å². The van der Waals surface area contributed by atoms with Crippen LogP contribution in [-0.2, 0) is 1000 Å². The Kier molecular flexibility index (Phi) is 13000. The molecule has 0 amide bonds. The molecule has 0 fully saturated rings. The van der Waals surface area contributed by atoms with Crippen LogP contribution in [0.3, 0.4) is 0 Å². The van der Waals surface area contributed by atoms with E-state index in [2.05, 4.69) is 132 Å². The molecule has 0 spiro atoms. The summed E-state index contributed by atoms with van der Waals surface area (Å²) >= 11 is 0. The van der Waals surface area contributed by atoms with Crippen LogP contribution < -0.4 is 0 Å². The van der Waals surface area contributed by atoms with Crippen molar-refractivity contribution in [2.24, 2.45) is 0 Å². The molecule has 0 aliphatic carbocycles. The molecule has 0 aromatic rings. The van der Waals surface area contributed by atoms with E-state index in [9.17, 15) is 0 Å². The molecule has 81 heavy (non-hydrogen) atoms. The Labute approximate surface area is 1180 Å². The second-order valence-electron chi connectivity index (χ2n) is 0. The van der Waals surface area contributed by atoms with Crippen LogP contribution in [0.15, 0.2) is 0 Å². The Morgan fingerprint density at radius 1 is 0.0741 bits per heavy atom. The minimum absolute atomic E-state index is 0. The van der Waals surface area contributed by atoms with Gasteiger partial charge in [0.1, 0.15) is 0 Å². The predicted octanol–water partition coefficient (Wildman–Crippen LogP) is 3.37. The van der Waals surface area contributed by atoms with Crippen molar-refractivity contribution in [2.45, 2.75) is 44.6 Å². The zero-order chi connectivity index (χ0) is 18.0. The molecule has 0 saturated heterocycles. The predicted molar refractivity (Wildman–Crippen MR) is 174 cm³/mol. The molecule has 0 aromatic carbocycles. The normalized spacial score (nSPS) is 0.556. The second kappa shape index (κ2) is 1280. The Bertz CT molecular complexity index is 111. The van der Waals surface area contributed by atoms with Crippen LogP contribution in [-0.4, -0.2) is 70.6 Å². The van der Waals surface area contributed by atoms with Gasteiger partial charge in [-0.25, -0.2) is 0 Å². The topological polar surface area (TPSA) is 0 Å². The van der Waals surface area contributed by atoms with Gasteiger partial charge < -0.3 is 61.4 Å². The van der Waals surface area contributed by atoms with Crippen molar-refractivity contribution in [1.29, 1.82) is 0 Å². The third-order valence-corrected chi connectivity index (χ3v) is 0. The van der Waals surface area contributed by atoms with Crippen LogP contribution in [0.1, 0.15) is 44.6 Å². The molecule has 432 valence electrons. The van der Waals surface area contributed by atoms with Crippen LogP contribution in [0, 0.1) is 61.4 Å². The van der Waals surface area contributed by atoms with Gasteiger partial charge in [-0.3, -0.25) is 0 Å². The standard InChI is InChI=1S/9CH2B.6CH4.3H3P.54V/c9*1-2;;;;;;;;;;;;;;;;;;;;;;;;;;;;;;;;;;;;;;;;;;;;;;;;;;;;;;;;;;;;;;;/h9*1H2;6*1H4;3*1H3;;;;;;;;;;;;;;;;;;;;;;;;;;;;;;;;;;;;;;;;;;;;;;;;;;;;;;/q9*-1;;;;;;;;;;;;;;;;;;;;;;;;;;;;;;;;;;;;;;;;;;;;;;;;;;;;;;;;;;;;;;;. The maximum absolute atomic E-state index is 4.25. The zero-order valence-corrected chi connectivity index (χ0v) is 117. The van der Waals surface area contributed by atoms with Gasteiger partial charge in [0.2, 0.25) is 0 Å². The summed E-state index contributed by atoms with van der Waals surface area (Å²) in [5.41, 5.74) is 0. The molecule has 3 unspecified atom stereocenters. The van der Waals surface area contributed by atoms with Crippen molar-refractivity contribution in [3.63, 3.8) is 0 Å². The molecule has 3 atom stereocenters. The van der Waals surface area contributed by atoms with E-state index in [-0.39, 0.29) is 1080 Å². The summed E-state index contributed by atoms with van der Waals surface area (Å²) in [6.45, 7) is 24.8. The van der Waals surface area contributed by atoms with Gasteiger partial charge in [-0.15, -0.1) is 0 Å². The minimum Gasteiger partial charge on any atom is -0.382 e. The number of rotatable bonds is 0. The quantitative estimate of drug-likeness (QED) is 0.199. The van der Waals surface area contributed by atoms with E-state index in [1.807, 2.05) is 0 Å². The largest absolute Gasteiger partial charge is 0.382 e. The maximum atomic E-state index is 4.25. The van der Waals surface area contributed by atoms with Crippen molar-refractivity contribution < 1.29 is 1000 Å². The van der Waals surface area contributed by atoms with E-state index in [1.165, 1.54) is 0 Å². The summed E-state index contributed by atoms with van der Waals surface area (Å²) in [5, 5.41) is 0. The third-order valence-electron chi connectivity index (χ3n) is 0. The van der Waals surface area contributed by atoms with Crippen molar-refractivity contribution >= 4 is 100 Å². The summed E-state index contributed by atoms with van der Waals surface area (Å²) in [5.74, 6) is 0. The smallest absolute Gasteiger partial charge is 0 e. The Balaban J connectivity index is -0.000000000146. The molecule has 0 N–H and O–H groups in total. The van der Waals surface area contributed by atoms with Gasteiger partial charge in [0.25, 0.3) is 0 Å². The molecule has 0 rings (SSSR count). The number of hydrogen-bond donors (Lipinski definition) is 0. The molecule has 0 saturated carbocycles. The first-order valence-corrected chi connectivity index (χ1v) is 3.67. The Morgan fingerprint density at radius 2 is 0.0741 bits per heavy atom. The Morgan fingerprint density at radius 3 is 0.0741 bits per heavy atom. The van der Waals surface area contributed by atoms with Crippen molar-refractivity contribution in [2.75, 3.05) is 0 Å². The molecule has 0 aromatic heterocycles. The van der Waals surface area contributed by atoms with E-state index in [0.29, 0.717) is 0 Å². The van der Waals surface area contributed by atoms with Gasteiger partial charge in [0.05, 0.1) is 0 Å². The van der Waals surface area contributed by atoms with E-state index in [1.54, 1.807) is 0 Å². The Hall–Kier alpha value is 33.4. The monoisotopic (exact) mass is 3170 g/mol. The molecule has 0 aliphatic heterocycles. The maximum Gasteiger partial charge on any atom is 0 e. The fourth-order valence-corrected chi connectivity index (χ4v) is 0. The summed E-state index contributed by atoms with van der Waals surface area (Å²) in [4.78, 5) is 0. The van der Waals surface area contributed by atoms with Crippen LogP contribution in [0.25, 0.3) is 0 Å². The fourth-order valence-electron chi connectivity index (χ4n) is 0. The van der Waals surface area contributed by atoms with Gasteiger partial charge in [0, 0.05) is 1000 Å². The minimum atomic E-state index is 0. The van der Waals surface area contributed by atoms with Gasteiger partial charge in [-0.2, -0.15) is 100 Å². The van der Waals surface area contributed by atoms with Crippen LogP contribution in [0.5, 0.6) is 0 Å². The second-order valence-corrected chi connectivity index (χ2v) is 0. The first-order chi connectivity index (χ1) is 9.00. The zero-order valence-electron chi connectivity index (χ0n) is 37.8. The molecule has 0 bridgehead atoms. The summed E-state index contributed by atoms with van der Waals surface area (Å²) in [7, 11) is 38.2. The summed E-state index contributed by atoms with van der Waals surface area (Å²) in [6, 6.07) is 0. The van der Waals surface area contributed by atoms with E-state index in [4.69, 9.17) is 0 Å². The molecule has 0 nitrogen and oxygen atoms in total. The van der Waals surface area contributed by atoms with Crippen molar-refractivity contribution in [3.8, 4) is 0 Å². The molecule has 0 heterocycles. The average Bonchev–Trinajstić information content (AvgIpc) is 2.63. The molecule has 0 aliphatic rings. The van der Waals surface area contributed by atoms with Crippen LogP contribution in [0.4, 0.5) is 0 Å². The van der Waals surface area contributed by atoms with E-state index < -0.39 is 0 Å². The first kappa shape index (κ1) is 818. The van der Waals surface area contributed by atoms with Crippen molar-refractivity contribution in [3.05, 3.63) is 61.4 Å². The molecule has 72 radical (unpaired) electrons. The van der Waals surface area contributed by atoms with E-state index >= 15 is 0 Å². The van der Waals surface area contributed by atoms with Crippen LogP contribution in [0.2, 0.25) is 0 Å². The first-order valence-electron chi connectivity index (χ1n) is 3.67. The fraction of sp³-hybridized carbons (Fsp3) is 0.400. The molecular weight excluding hydrogens is 3120 g/mol. The van der Waals surface area contributed by atoms with Gasteiger partial charge in [-0.05, 0) is 0 Å². The van der Waals surface area contributed by atoms with Gasteiger partial charge in [0.15, 0.2) is 0 Å². The third kappa shape index (κ3) is 1260. The SMILES string of the molecule is C.C.C.C.C.C.P.P.P.[B][CH2-].[B][CH2-].[B][CH2-].[B][CH2-].[B][CH2-].[B][CH2-].[B][CH2-].[B][CH2-].[B][CH2-].[V].[V].[V].[V].[V].[V].[V].[V].[V].[V].[V].[V].[V].[V].[V].[V].[V].[V].[V].[V].[V].[V].[V].[V].[V].[V].[V].[V].[V].[V].[V].[V].[V].[V].[V].[V].[V].[V].[V].[V].[V].[V].[V].[V].[V].[V].[V].[V].[V].[V].[V].[V].[V].[V]. The van der Waals surface area contributed by atoms with Crippen molar-refractivity contribution in [1.82, 2.24) is 0 Å². The number of hydrogen-bond acceptors (Lipinski definition) is 0. The van der Waals surface area contributed by atoms with E-state index in [0.717, 1.165) is 0 Å². The average molecular weight is 3170 g/mol. The molecular formula is C15H51B9P3V54-9. The molecule has 66 heteroatoms. The summed E-state index contributed by atoms with van der Waals surface area (Å²) < 4.78 is 0. The van der Waals surface area contributed by atoms with Crippen LogP contribution >= 0.6 is 29.7 Å². The van der Waals surface area contributed by atoms with Gasteiger partial charge in [-0.1, -0.05) is 44.6 Å².